The minimum Gasteiger partial charge on any atom is -0.374 e. The van der Waals surface area contributed by atoms with E-state index in [1.54, 1.807) is 6.92 Å². The molecule has 0 unspecified atom stereocenters. The van der Waals surface area contributed by atoms with Gasteiger partial charge in [-0.1, -0.05) is 0 Å². The fourth-order valence-corrected chi connectivity index (χ4v) is 0.968. The van der Waals surface area contributed by atoms with Crippen molar-refractivity contribution in [3.8, 4) is 0 Å². The molecule has 0 bridgehead atoms. The number of hydrogen-bond donors (Lipinski definition) is 1. The zero-order chi connectivity index (χ0) is 10.8. The van der Waals surface area contributed by atoms with E-state index in [-0.39, 0.29) is 23.5 Å². The molecule has 7 nitrogen and oxygen atoms in total. The van der Waals surface area contributed by atoms with Gasteiger partial charge in [0.2, 0.25) is 0 Å². The molecule has 1 aromatic heterocycles. The second-order valence-corrected chi connectivity index (χ2v) is 3.37. The molecule has 0 atom stereocenters. The van der Waals surface area contributed by atoms with Crippen molar-refractivity contribution >= 4 is 11.8 Å². The Morgan fingerprint density at radius 2 is 2.47 bits per heavy atom. The molecular formula is C8H11N4O3+. The zero-order valence-corrected chi connectivity index (χ0v) is 8.19. The molecule has 80 valence electrons. The number of H-pyrrole nitrogens is 1. The van der Waals surface area contributed by atoms with Crippen LogP contribution in [0, 0.1) is 12.8 Å². The number of aromatic amines is 1. The second kappa shape index (κ2) is 3.68. The Morgan fingerprint density at radius 1 is 1.73 bits per heavy atom. The van der Waals surface area contributed by atoms with Gasteiger partial charge in [-0.25, -0.2) is 14.3 Å². The fraction of sp³-hybridized carbons (Fsp3) is 0.500. The summed E-state index contributed by atoms with van der Waals surface area (Å²) in [4.78, 5) is 18.4. The predicted octanol–water partition coefficient (Wildman–Crippen LogP) is -0.629. The van der Waals surface area contributed by atoms with Gasteiger partial charge in [0.05, 0.1) is 5.92 Å². The molecule has 0 radical (unpaired) electrons. The maximum Gasteiger partial charge on any atom is 0.416 e. The molecule has 15 heavy (non-hydrogen) atoms. The first-order chi connectivity index (χ1) is 7.16. The lowest BCUT2D eigenvalue weighted by Crippen LogP contribution is -2.24. The van der Waals surface area contributed by atoms with Gasteiger partial charge < -0.3 is 10.6 Å². The summed E-state index contributed by atoms with van der Waals surface area (Å²) in [7, 11) is 0. The number of aryl methyl sites for hydroxylation is 1. The Kier molecular flexibility index (Phi) is 2.36. The van der Waals surface area contributed by atoms with E-state index in [1.165, 1.54) is 0 Å². The van der Waals surface area contributed by atoms with Crippen molar-refractivity contribution in [3.63, 3.8) is 0 Å². The van der Waals surface area contributed by atoms with Crippen molar-refractivity contribution in [2.24, 2.45) is 16.8 Å². The molecule has 1 saturated carbocycles. The number of oxime groups is 1. The molecule has 1 aromatic rings. The molecule has 7 heteroatoms. The van der Waals surface area contributed by atoms with Crippen LogP contribution in [-0.4, -0.2) is 17.0 Å². The highest BCUT2D eigenvalue weighted by Crippen LogP contribution is 2.30. The maximum atomic E-state index is 11.1. The van der Waals surface area contributed by atoms with Crippen LogP contribution >= 0.6 is 0 Å². The van der Waals surface area contributed by atoms with Gasteiger partial charge in [0, 0.05) is 6.92 Å². The molecule has 0 aliphatic heterocycles. The zero-order valence-electron chi connectivity index (χ0n) is 8.19. The van der Waals surface area contributed by atoms with Gasteiger partial charge in [0.1, 0.15) is 0 Å². The Morgan fingerprint density at radius 3 is 3.00 bits per heavy atom. The summed E-state index contributed by atoms with van der Waals surface area (Å²) >= 11 is 0. The van der Waals surface area contributed by atoms with Crippen LogP contribution in [0.4, 0.5) is 0 Å². The van der Waals surface area contributed by atoms with E-state index in [9.17, 15) is 4.79 Å². The normalized spacial score (nSPS) is 16.5. The number of nitrogens with one attached hydrogen (secondary N) is 1. The van der Waals surface area contributed by atoms with Crippen LogP contribution in [0.2, 0.25) is 0 Å². The molecule has 0 saturated heterocycles. The number of carbonyl (C=O) groups excluding carboxylic acids is 1. The van der Waals surface area contributed by atoms with E-state index in [0.717, 1.165) is 12.8 Å². The van der Waals surface area contributed by atoms with Gasteiger partial charge in [-0.3, -0.25) is 0 Å². The van der Waals surface area contributed by atoms with Gasteiger partial charge in [-0.05, 0) is 18.0 Å². The van der Waals surface area contributed by atoms with Gasteiger partial charge >= 0.3 is 17.7 Å². The molecule has 0 spiro atoms. The van der Waals surface area contributed by atoms with Crippen LogP contribution in [0.5, 0.6) is 0 Å². The highest BCUT2D eigenvalue weighted by molar-refractivity contribution is 5.92. The summed E-state index contributed by atoms with van der Waals surface area (Å²) in [6.45, 7) is 1.68. The van der Waals surface area contributed by atoms with Gasteiger partial charge in [-0.2, -0.15) is 0 Å². The summed E-state index contributed by atoms with van der Waals surface area (Å²) in [6.07, 6.45) is 1.73. The van der Waals surface area contributed by atoms with Crippen LogP contribution < -0.4 is 10.7 Å². The smallest absolute Gasteiger partial charge is 0.374 e. The van der Waals surface area contributed by atoms with Gasteiger partial charge in [0.25, 0.3) is 5.84 Å². The maximum absolute atomic E-state index is 11.1. The third-order valence-electron chi connectivity index (χ3n) is 1.96. The predicted molar refractivity (Wildman–Crippen MR) is 47.3 cm³/mol. The molecule has 3 N–H and O–H groups in total. The minimum absolute atomic E-state index is 0.00965. The van der Waals surface area contributed by atoms with E-state index >= 15 is 0 Å². The van der Waals surface area contributed by atoms with E-state index in [1.807, 2.05) is 0 Å². The topological polar surface area (TPSA) is 105 Å². The molecule has 1 heterocycles. The van der Waals surface area contributed by atoms with Gasteiger partial charge in [-0.15, -0.1) is 0 Å². The van der Waals surface area contributed by atoms with Crippen molar-refractivity contribution in [2.45, 2.75) is 19.8 Å². The van der Waals surface area contributed by atoms with Crippen LogP contribution in [0.1, 0.15) is 24.6 Å². The summed E-state index contributed by atoms with van der Waals surface area (Å²) in [5.41, 5.74) is 5.50. The summed E-state index contributed by atoms with van der Waals surface area (Å²) in [6, 6.07) is 0. The first-order valence-corrected chi connectivity index (χ1v) is 4.57. The van der Waals surface area contributed by atoms with Crippen molar-refractivity contribution in [2.75, 3.05) is 0 Å². The van der Waals surface area contributed by atoms with Crippen molar-refractivity contribution in [3.05, 3.63) is 11.7 Å². The van der Waals surface area contributed by atoms with Crippen LogP contribution in [0.15, 0.2) is 9.68 Å². The molecule has 0 amide bonds. The lowest BCUT2D eigenvalue weighted by molar-refractivity contribution is -0.397. The minimum atomic E-state index is -0.349. The fourth-order valence-electron chi connectivity index (χ4n) is 0.968. The van der Waals surface area contributed by atoms with E-state index in [2.05, 4.69) is 20.1 Å². The van der Waals surface area contributed by atoms with E-state index < -0.39 is 0 Å². The van der Waals surface area contributed by atoms with Crippen LogP contribution in [-0.2, 0) is 9.63 Å². The quantitative estimate of drug-likeness (QED) is 0.310. The average Bonchev–Trinajstić information content (AvgIpc) is 2.97. The monoisotopic (exact) mass is 211 g/mol. The molecule has 0 aromatic carbocycles. The number of aromatic nitrogens is 2. The lowest BCUT2D eigenvalue weighted by atomic mass is 10.4. The average molecular weight is 211 g/mol. The van der Waals surface area contributed by atoms with Crippen molar-refractivity contribution in [1.29, 1.82) is 0 Å². The van der Waals surface area contributed by atoms with E-state index in [4.69, 9.17) is 10.3 Å². The molecule has 1 aliphatic carbocycles. The molecule has 1 aliphatic rings. The highest BCUT2D eigenvalue weighted by Gasteiger charge is 2.32. The third kappa shape index (κ3) is 2.30. The Balaban J connectivity index is 1.97. The second-order valence-electron chi connectivity index (χ2n) is 3.37. The Hall–Kier alpha value is -1.92. The summed E-state index contributed by atoms with van der Waals surface area (Å²) < 4.78 is 4.75. The first kappa shape index (κ1) is 9.63. The summed E-state index contributed by atoms with van der Waals surface area (Å²) in [5, 5.41) is 7.04. The number of nitrogens with two attached hydrogens (primary N) is 1. The largest absolute Gasteiger partial charge is 0.416 e. The SMILES string of the molecule is Cc1[nH+]c(C(N)=NOC(=O)C2CC2)no1. The Bertz CT molecular complexity index is 408. The third-order valence-corrected chi connectivity index (χ3v) is 1.96. The number of amidine groups is 1. The first-order valence-electron chi connectivity index (χ1n) is 4.57. The van der Waals surface area contributed by atoms with E-state index in [0.29, 0.717) is 5.89 Å². The Labute approximate surface area is 85.3 Å². The molecular weight excluding hydrogens is 200 g/mol. The number of carbonyl (C=O) groups is 1. The molecule has 1 fully saturated rings. The van der Waals surface area contributed by atoms with Gasteiger partial charge in [0.15, 0.2) is 5.16 Å². The number of rotatable bonds is 3. The highest BCUT2D eigenvalue weighted by atomic mass is 16.7. The molecule has 2 rings (SSSR count). The summed E-state index contributed by atoms with van der Waals surface area (Å²) in [5.74, 6) is 0.372. The standard InChI is InChI=1S/C8H10N4O3/c1-4-10-7(12-14-4)6(9)11-15-8(13)5-2-3-5/h5H,2-3H2,1H3,(H2,9,11)/p+1. The number of hydrogen-bond acceptors (Lipinski definition) is 5. The van der Waals surface area contributed by atoms with Crippen LogP contribution in [0.3, 0.4) is 0 Å². The van der Waals surface area contributed by atoms with Crippen LogP contribution in [0.25, 0.3) is 0 Å². The number of nitrogens with zero attached hydrogens (tertiary/aromatic N) is 2. The lowest BCUT2D eigenvalue weighted by Gasteiger charge is -1.92. The van der Waals surface area contributed by atoms with Crippen molar-refractivity contribution in [1.82, 2.24) is 5.16 Å². The van der Waals surface area contributed by atoms with Crippen molar-refractivity contribution < 1.29 is 19.1 Å².